The van der Waals surface area contributed by atoms with Gasteiger partial charge >= 0.3 is 0 Å². The van der Waals surface area contributed by atoms with E-state index in [0.29, 0.717) is 5.92 Å². The molecule has 2 nitrogen and oxygen atoms in total. The summed E-state index contributed by atoms with van der Waals surface area (Å²) in [5, 5.41) is 9.46. The molecule has 0 spiro atoms. The lowest BCUT2D eigenvalue weighted by atomic mass is 10.0. The number of hydrogen-bond acceptors (Lipinski definition) is 2. The van der Waals surface area contributed by atoms with Gasteiger partial charge in [-0.25, -0.2) is 0 Å². The predicted molar refractivity (Wildman–Crippen MR) is 51.2 cm³/mol. The lowest BCUT2D eigenvalue weighted by Gasteiger charge is -2.12. The first-order chi connectivity index (χ1) is 5.66. The van der Waals surface area contributed by atoms with Crippen LogP contribution in [0.4, 0.5) is 0 Å². The van der Waals surface area contributed by atoms with Gasteiger partial charge in [0.15, 0.2) is 0 Å². The van der Waals surface area contributed by atoms with Crippen molar-refractivity contribution in [3.63, 3.8) is 0 Å². The second kappa shape index (κ2) is 7.56. The zero-order valence-electron chi connectivity index (χ0n) is 8.55. The van der Waals surface area contributed by atoms with E-state index in [-0.39, 0.29) is 6.10 Å². The third-order valence-corrected chi connectivity index (χ3v) is 1.77. The molecule has 0 aromatic carbocycles. The second-order valence-corrected chi connectivity index (χ2v) is 3.62. The van der Waals surface area contributed by atoms with Gasteiger partial charge in [0.05, 0.1) is 6.10 Å². The number of ether oxygens (including phenoxy) is 1. The van der Waals surface area contributed by atoms with Crippen molar-refractivity contribution in [1.82, 2.24) is 0 Å². The second-order valence-electron chi connectivity index (χ2n) is 3.62. The van der Waals surface area contributed by atoms with Crippen molar-refractivity contribution >= 4 is 0 Å². The first kappa shape index (κ1) is 11.9. The van der Waals surface area contributed by atoms with Crippen molar-refractivity contribution in [2.75, 3.05) is 13.2 Å². The van der Waals surface area contributed by atoms with Crippen LogP contribution in [-0.2, 0) is 4.74 Å². The molecule has 0 heterocycles. The minimum atomic E-state index is -0.134. The minimum absolute atomic E-state index is 0.134. The molecule has 0 saturated carbocycles. The Morgan fingerprint density at radius 1 is 1.33 bits per heavy atom. The van der Waals surface area contributed by atoms with E-state index in [1.807, 2.05) is 6.92 Å². The average Bonchev–Trinajstić information content (AvgIpc) is 1.97. The summed E-state index contributed by atoms with van der Waals surface area (Å²) in [5.74, 6) is 0.590. The van der Waals surface area contributed by atoms with Gasteiger partial charge in [0, 0.05) is 13.2 Å². The standard InChI is InChI=1S/C10H22O2/c1-4-12-7-5-6-10(11)8-9(2)3/h9-11H,4-8H2,1-3H3. The van der Waals surface area contributed by atoms with Crippen LogP contribution in [0.2, 0.25) is 0 Å². The van der Waals surface area contributed by atoms with Crippen molar-refractivity contribution in [2.24, 2.45) is 5.92 Å². The zero-order valence-corrected chi connectivity index (χ0v) is 8.55. The molecule has 0 aliphatic carbocycles. The summed E-state index contributed by atoms with van der Waals surface area (Å²) in [7, 11) is 0. The van der Waals surface area contributed by atoms with Crippen LogP contribution in [0.15, 0.2) is 0 Å². The summed E-state index contributed by atoms with van der Waals surface area (Å²) in [6.45, 7) is 7.81. The largest absolute Gasteiger partial charge is 0.393 e. The van der Waals surface area contributed by atoms with E-state index in [1.54, 1.807) is 0 Å². The highest BCUT2D eigenvalue weighted by molar-refractivity contribution is 4.58. The van der Waals surface area contributed by atoms with Gasteiger partial charge in [-0.1, -0.05) is 13.8 Å². The molecule has 0 aromatic heterocycles. The fourth-order valence-corrected chi connectivity index (χ4v) is 1.23. The third-order valence-electron chi connectivity index (χ3n) is 1.77. The summed E-state index contributed by atoms with van der Waals surface area (Å²) in [6.07, 6.45) is 2.62. The molecule has 0 aliphatic rings. The highest BCUT2D eigenvalue weighted by atomic mass is 16.5. The van der Waals surface area contributed by atoms with Crippen LogP contribution in [-0.4, -0.2) is 24.4 Å². The molecule has 2 heteroatoms. The average molecular weight is 174 g/mol. The maximum atomic E-state index is 9.46. The third kappa shape index (κ3) is 8.02. The van der Waals surface area contributed by atoms with Crippen molar-refractivity contribution in [1.29, 1.82) is 0 Å². The van der Waals surface area contributed by atoms with Crippen LogP contribution in [0.3, 0.4) is 0 Å². The summed E-state index contributed by atoms with van der Waals surface area (Å²) >= 11 is 0. The number of hydrogen-bond donors (Lipinski definition) is 1. The zero-order chi connectivity index (χ0) is 9.40. The van der Waals surface area contributed by atoms with Gasteiger partial charge in [-0.05, 0) is 32.1 Å². The Morgan fingerprint density at radius 3 is 2.50 bits per heavy atom. The SMILES string of the molecule is CCOCCCC(O)CC(C)C. The Morgan fingerprint density at radius 2 is 2.00 bits per heavy atom. The molecule has 12 heavy (non-hydrogen) atoms. The molecular formula is C10H22O2. The molecule has 0 bridgehead atoms. The van der Waals surface area contributed by atoms with E-state index in [1.165, 1.54) is 0 Å². The summed E-state index contributed by atoms with van der Waals surface area (Å²) < 4.78 is 5.18. The molecule has 0 amide bonds. The Kier molecular flexibility index (Phi) is 7.51. The van der Waals surface area contributed by atoms with Crippen LogP contribution in [0.1, 0.15) is 40.0 Å². The minimum Gasteiger partial charge on any atom is -0.393 e. The van der Waals surface area contributed by atoms with E-state index in [2.05, 4.69) is 13.8 Å². The molecule has 1 unspecified atom stereocenters. The van der Waals surface area contributed by atoms with Gasteiger partial charge in [-0.3, -0.25) is 0 Å². The van der Waals surface area contributed by atoms with E-state index in [4.69, 9.17) is 4.74 Å². The lowest BCUT2D eigenvalue weighted by molar-refractivity contribution is 0.103. The van der Waals surface area contributed by atoms with Gasteiger partial charge in [-0.15, -0.1) is 0 Å². The van der Waals surface area contributed by atoms with E-state index in [0.717, 1.165) is 32.5 Å². The van der Waals surface area contributed by atoms with Crippen molar-refractivity contribution in [3.8, 4) is 0 Å². The normalized spacial score (nSPS) is 13.8. The van der Waals surface area contributed by atoms with Crippen LogP contribution in [0, 0.1) is 5.92 Å². The molecule has 0 fully saturated rings. The lowest BCUT2D eigenvalue weighted by Crippen LogP contribution is -2.11. The number of aliphatic hydroxyl groups excluding tert-OH is 1. The summed E-state index contributed by atoms with van der Waals surface area (Å²) in [5.41, 5.74) is 0. The Balaban J connectivity index is 3.14. The van der Waals surface area contributed by atoms with Gasteiger partial charge in [-0.2, -0.15) is 0 Å². The van der Waals surface area contributed by atoms with Gasteiger partial charge in [0.2, 0.25) is 0 Å². The Labute approximate surface area is 75.9 Å². The van der Waals surface area contributed by atoms with Crippen molar-refractivity contribution in [2.45, 2.75) is 46.1 Å². The van der Waals surface area contributed by atoms with Crippen molar-refractivity contribution in [3.05, 3.63) is 0 Å². The van der Waals surface area contributed by atoms with Gasteiger partial charge in [0.25, 0.3) is 0 Å². The van der Waals surface area contributed by atoms with Crippen molar-refractivity contribution < 1.29 is 9.84 Å². The Bertz CT molecular complexity index is 91.8. The first-order valence-electron chi connectivity index (χ1n) is 4.92. The topological polar surface area (TPSA) is 29.5 Å². The van der Waals surface area contributed by atoms with E-state index < -0.39 is 0 Å². The molecule has 74 valence electrons. The molecule has 1 atom stereocenters. The molecule has 0 rings (SSSR count). The summed E-state index contributed by atoms with van der Waals surface area (Å²) in [6, 6.07) is 0. The quantitative estimate of drug-likeness (QED) is 0.600. The smallest absolute Gasteiger partial charge is 0.0543 e. The highest BCUT2D eigenvalue weighted by Gasteiger charge is 2.05. The molecular weight excluding hydrogens is 152 g/mol. The van der Waals surface area contributed by atoms with Crippen LogP contribution in [0.25, 0.3) is 0 Å². The van der Waals surface area contributed by atoms with Crippen LogP contribution in [0.5, 0.6) is 0 Å². The highest BCUT2D eigenvalue weighted by Crippen LogP contribution is 2.09. The molecule has 0 radical (unpaired) electrons. The van der Waals surface area contributed by atoms with E-state index >= 15 is 0 Å². The monoisotopic (exact) mass is 174 g/mol. The molecule has 0 aromatic rings. The maximum Gasteiger partial charge on any atom is 0.0543 e. The fraction of sp³-hybridized carbons (Fsp3) is 1.00. The number of aliphatic hydroxyl groups is 1. The van der Waals surface area contributed by atoms with Gasteiger partial charge < -0.3 is 9.84 Å². The van der Waals surface area contributed by atoms with Crippen LogP contribution >= 0.6 is 0 Å². The maximum absolute atomic E-state index is 9.46. The number of rotatable bonds is 7. The van der Waals surface area contributed by atoms with Crippen LogP contribution < -0.4 is 0 Å². The predicted octanol–water partition coefficient (Wildman–Crippen LogP) is 2.21. The molecule has 0 saturated heterocycles. The fourth-order valence-electron chi connectivity index (χ4n) is 1.23. The summed E-state index contributed by atoms with van der Waals surface area (Å²) in [4.78, 5) is 0. The molecule has 1 N–H and O–H groups in total. The Hall–Kier alpha value is -0.0800. The van der Waals surface area contributed by atoms with E-state index in [9.17, 15) is 5.11 Å². The van der Waals surface area contributed by atoms with Gasteiger partial charge in [0.1, 0.15) is 0 Å². The molecule has 0 aliphatic heterocycles. The first-order valence-corrected chi connectivity index (χ1v) is 4.92.